The van der Waals surface area contributed by atoms with Crippen LogP contribution in [0.2, 0.25) is 5.02 Å². The fourth-order valence-electron chi connectivity index (χ4n) is 5.08. The van der Waals surface area contributed by atoms with E-state index in [9.17, 15) is 35.9 Å². The molecule has 5 nitrogen and oxygen atoms in total. The van der Waals surface area contributed by atoms with Gasteiger partial charge in [-0.2, -0.15) is 13.2 Å². The van der Waals surface area contributed by atoms with E-state index in [-0.39, 0.29) is 28.5 Å². The monoisotopic (exact) mass is 562 g/mol. The lowest BCUT2D eigenvalue weighted by Gasteiger charge is -2.32. The van der Waals surface area contributed by atoms with Gasteiger partial charge in [-0.1, -0.05) is 11.6 Å². The number of nitrogens with zero attached hydrogens (tertiary/aromatic N) is 1. The van der Waals surface area contributed by atoms with Gasteiger partial charge < -0.3 is 15.0 Å². The molecule has 12 heteroatoms. The van der Waals surface area contributed by atoms with Crippen molar-refractivity contribution in [3.8, 4) is 5.75 Å². The third-order valence-electron chi connectivity index (χ3n) is 7.11. The Morgan fingerprint density at radius 3 is 2.32 bits per heavy atom. The topological polar surface area (TPSA) is 58.6 Å². The first-order valence-corrected chi connectivity index (χ1v) is 12.3. The molecule has 2 aromatic carbocycles. The van der Waals surface area contributed by atoms with Crippen molar-refractivity contribution in [1.29, 1.82) is 0 Å². The highest BCUT2D eigenvalue weighted by atomic mass is 35.5. The quantitative estimate of drug-likeness (QED) is 0.405. The van der Waals surface area contributed by atoms with Gasteiger partial charge >= 0.3 is 12.5 Å². The maximum Gasteiger partial charge on any atom is 0.573 e. The van der Waals surface area contributed by atoms with E-state index in [1.807, 2.05) is 0 Å². The van der Waals surface area contributed by atoms with Gasteiger partial charge in [-0.05, 0) is 87.4 Å². The Hall–Kier alpha value is -2.95. The van der Waals surface area contributed by atoms with Gasteiger partial charge in [-0.3, -0.25) is 9.59 Å². The van der Waals surface area contributed by atoms with Gasteiger partial charge in [0.2, 0.25) is 5.91 Å². The molecular weight excluding hydrogens is 538 g/mol. The van der Waals surface area contributed by atoms with Gasteiger partial charge in [0.15, 0.2) is 0 Å². The number of fused-ring (bicyclic) bond motifs is 1. The van der Waals surface area contributed by atoms with E-state index in [2.05, 4.69) is 10.1 Å². The molecule has 2 amide bonds. The van der Waals surface area contributed by atoms with Crippen molar-refractivity contribution < 1.29 is 40.7 Å². The zero-order valence-corrected chi connectivity index (χ0v) is 21.2. The first-order chi connectivity index (χ1) is 17.6. The lowest BCUT2D eigenvalue weighted by atomic mass is 9.85. The maximum atomic E-state index is 13.2. The highest BCUT2D eigenvalue weighted by molar-refractivity contribution is 6.33. The summed E-state index contributed by atoms with van der Waals surface area (Å²) in [5.41, 5.74) is -1.27. The van der Waals surface area contributed by atoms with Crippen molar-refractivity contribution in [2.45, 2.75) is 63.5 Å². The molecule has 1 heterocycles. The van der Waals surface area contributed by atoms with Crippen LogP contribution >= 0.6 is 11.6 Å². The molecule has 0 radical (unpaired) electrons. The van der Waals surface area contributed by atoms with Gasteiger partial charge in [-0.25, -0.2) is 0 Å². The highest BCUT2D eigenvalue weighted by Gasteiger charge is 2.45. The number of nitrogens with one attached hydrogen (secondary N) is 1. The predicted molar refractivity (Wildman–Crippen MR) is 128 cm³/mol. The predicted octanol–water partition coefficient (Wildman–Crippen LogP) is 6.87. The molecule has 206 valence electrons. The third kappa shape index (κ3) is 5.87. The second-order valence-electron chi connectivity index (χ2n) is 10.2. The average molecular weight is 563 g/mol. The lowest BCUT2D eigenvalue weighted by molar-refractivity contribution is -0.274. The second-order valence-corrected chi connectivity index (χ2v) is 10.6. The summed E-state index contributed by atoms with van der Waals surface area (Å²) in [7, 11) is 0. The van der Waals surface area contributed by atoms with Crippen LogP contribution in [0.5, 0.6) is 5.75 Å². The fraction of sp³-hybridized carbons (Fsp3) is 0.462. The molecule has 0 unspecified atom stereocenters. The Morgan fingerprint density at radius 2 is 1.71 bits per heavy atom. The number of alkyl halides is 6. The van der Waals surface area contributed by atoms with Crippen LogP contribution in [0.1, 0.15) is 61.0 Å². The Kier molecular flexibility index (Phi) is 7.37. The number of halogens is 7. The molecule has 0 aromatic heterocycles. The smallest absolute Gasteiger partial charge is 0.406 e. The number of ether oxygens (including phenoxy) is 1. The maximum absolute atomic E-state index is 13.2. The summed E-state index contributed by atoms with van der Waals surface area (Å²) >= 11 is 5.97. The van der Waals surface area contributed by atoms with E-state index in [4.69, 9.17) is 11.6 Å². The van der Waals surface area contributed by atoms with E-state index in [0.717, 1.165) is 18.2 Å². The van der Waals surface area contributed by atoms with Crippen LogP contribution in [0.25, 0.3) is 0 Å². The highest BCUT2D eigenvalue weighted by Crippen LogP contribution is 2.45. The van der Waals surface area contributed by atoms with Crippen molar-refractivity contribution in [3.63, 3.8) is 0 Å². The Balaban J connectivity index is 1.39. The van der Waals surface area contributed by atoms with Crippen LogP contribution < -0.4 is 15.0 Å². The summed E-state index contributed by atoms with van der Waals surface area (Å²) in [4.78, 5) is 27.4. The van der Waals surface area contributed by atoms with Crippen molar-refractivity contribution in [2.24, 2.45) is 5.92 Å². The molecule has 2 aromatic rings. The molecule has 1 aliphatic carbocycles. The average Bonchev–Trinajstić information content (AvgIpc) is 2.99. The summed E-state index contributed by atoms with van der Waals surface area (Å²) in [6, 6.07) is 6.18. The molecule has 0 atom stereocenters. The van der Waals surface area contributed by atoms with Gasteiger partial charge in [0, 0.05) is 18.3 Å². The van der Waals surface area contributed by atoms with Crippen molar-refractivity contribution >= 4 is 29.1 Å². The van der Waals surface area contributed by atoms with Crippen LogP contribution in [-0.2, 0) is 16.4 Å². The van der Waals surface area contributed by atoms with Crippen molar-refractivity contribution in [3.05, 3.63) is 58.1 Å². The van der Waals surface area contributed by atoms with Crippen molar-refractivity contribution in [1.82, 2.24) is 5.32 Å². The molecule has 1 aliphatic heterocycles. The SMILES string of the molecule is CC1(C)C(=O)N(CC2CCC(NC(=O)c3cc(C(F)(F)F)ccc3Cl)CC2)c2ccc(OC(F)(F)F)cc21. The Bertz CT molecular complexity index is 1240. The second kappa shape index (κ2) is 9.98. The summed E-state index contributed by atoms with van der Waals surface area (Å²) < 4.78 is 81.1. The number of benzene rings is 2. The van der Waals surface area contributed by atoms with Crippen LogP contribution in [-0.4, -0.2) is 30.8 Å². The van der Waals surface area contributed by atoms with Gasteiger partial charge in [0.25, 0.3) is 5.91 Å². The van der Waals surface area contributed by atoms with Crippen LogP contribution in [0.15, 0.2) is 36.4 Å². The number of rotatable bonds is 5. The number of carbonyl (C=O) groups excluding carboxylic acids is 2. The van der Waals surface area contributed by atoms with E-state index in [1.54, 1.807) is 18.7 Å². The minimum atomic E-state index is -4.85. The van der Waals surface area contributed by atoms with Crippen LogP contribution in [0, 0.1) is 5.92 Å². The Morgan fingerprint density at radius 1 is 1.05 bits per heavy atom. The minimum absolute atomic E-state index is 0.0668. The van der Waals surface area contributed by atoms with E-state index < -0.39 is 35.2 Å². The number of amides is 2. The number of hydrogen-bond acceptors (Lipinski definition) is 3. The molecule has 0 bridgehead atoms. The standard InChI is InChI=1S/C26H25ClF6N2O3/c1-24(2)19-12-17(38-26(31,32)33)8-10-21(19)35(23(24)37)13-14-3-6-16(7-4-14)34-22(36)18-11-15(25(28,29)30)5-9-20(18)27/h5,8-12,14,16H,3-4,6-7,13H2,1-2H3,(H,34,36). The van der Waals surface area contributed by atoms with E-state index >= 15 is 0 Å². The molecule has 4 rings (SSSR count). The van der Waals surface area contributed by atoms with Gasteiger partial charge in [0.05, 0.1) is 21.6 Å². The summed E-state index contributed by atoms with van der Waals surface area (Å²) in [6.45, 7) is 3.66. The third-order valence-corrected chi connectivity index (χ3v) is 7.44. The van der Waals surface area contributed by atoms with Crippen molar-refractivity contribution in [2.75, 3.05) is 11.4 Å². The normalized spacial score (nSPS) is 21.3. The lowest BCUT2D eigenvalue weighted by Crippen LogP contribution is -2.42. The van der Waals surface area contributed by atoms with Crippen LogP contribution in [0.4, 0.5) is 32.0 Å². The molecule has 2 aliphatic rings. The first kappa shape index (κ1) is 28.1. The zero-order valence-electron chi connectivity index (χ0n) is 20.5. The number of hydrogen-bond donors (Lipinski definition) is 1. The number of carbonyl (C=O) groups is 2. The molecule has 1 saturated carbocycles. The summed E-state index contributed by atoms with van der Waals surface area (Å²) in [5, 5.41) is 2.67. The van der Waals surface area contributed by atoms with Crippen LogP contribution in [0.3, 0.4) is 0 Å². The molecule has 1 fully saturated rings. The van der Waals surface area contributed by atoms with E-state index in [1.165, 1.54) is 18.2 Å². The van der Waals surface area contributed by atoms with Gasteiger partial charge in [-0.15, -0.1) is 13.2 Å². The molecule has 0 spiro atoms. The molecule has 0 saturated heterocycles. The largest absolute Gasteiger partial charge is 0.573 e. The molecular formula is C26H25ClF6N2O3. The molecule has 1 N–H and O–H groups in total. The summed E-state index contributed by atoms with van der Waals surface area (Å²) in [5.74, 6) is -1.24. The first-order valence-electron chi connectivity index (χ1n) is 12.0. The van der Waals surface area contributed by atoms with Gasteiger partial charge in [0.1, 0.15) is 5.75 Å². The Labute approximate surface area is 220 Å². The molecule has 38 heavy (non-hydrogen) atoms. The van der Waals surface area contributed by atoms with E-state index in [0.29, 0.717) is 43.5 Å². The fourth-order valence-corrected chi connectivity index (χ4v) is 5.28. The summed E-state index contributed by atoms with van der Waals surface area (Å²) in [6.07, 6.45) is -7.09. The zero-order chi connectivity index (χ0) is 28.0. The minimum Gasteiger partial charge on any atom is -0.406 e. The number of anilines is 1.